The average molecular weight is 179 g/mol. The SMILES string of the molecule is CC(=O)Nc1cccc([C@@H](C)O)c1. The second kappa shape index (κ2) is 4.05. The molecule has 1 amide bonds. The summed E-state index contributed by atoms with van der Waals surface area (Å²) in [5, 5.41) is 11.9. The van der Waals surface area contributed by atoms with Gasteiger partial charge < -0.3 is 10.4 Å². The lowest BCUT2D eigenvalue weighted by atomic mass is 10.1. The van der Waals surface area contributed by atoms with E-state index in [1.165, 1.54) is 6.92 Å². The molecule has 0 unspecified atom stereocenters. The molecule has 0 saturated carbocycles. The van der Waals surface area contributed by atoms with Crippen LogP contribution in [0, 0.1) is 0 Å². The van der Waals surface area contributed by atoms with E-state index >= 15 is 0 Å². The van der Waals surface area contributed by atoms with Crippen LogP contribution in [0.5, 0.6) is 0 Å². The van der Waals surface area contributed by atoms with E-state index in [9.17, 15) is 9.90 Å². The highest BCUT2D eigenvalue weighted by Crippen LogP contribution is 2.16. The van der Waals surface area contributed by atoms with Crippen LogP contribution < -0.4 is 5.32 Å². The van der Waals surface area contributed by atoms with Gasteiger partial charge in [0.25, 0.3) is 0 Å². The van der Waals surface area contributed by atoms with Crippen LogP contribution in [0.2, 0.25) is 0 Å². The van der Waals surface area contributed by atoms with Gasteiger partial charge in [-0.2, -0.15) is 0 Å². The zero-order chi connectivity index (χ0) is 9.84. The van der Waals surface area contributed by atoms with Crippen LogP contribution in [-0.4, -0.2) is 11.0 Å². The molecule has 0 aliphatic carbocycles. The van der Waals surface area contributed by atoms with Crippen LogP contribution in [0.15, 0.2) is 24.3 Å². The first-order valence-electron chi connectivity index (χ1n) is 4.15. The first kappa shape index (κ1) is 9.74. The van der Waals surface area contributed by atoms with Crippen LogP contribution >= 0.6 is 0 Å². The topological polar surface area (TPSA) is 49.3 Å². The number of aliphatic hydroxyl groups is 1. The summed E-state index contributed by atoms with van der Waals surface area (Å²) in [6, 6.07) is 7.16. The van der Waals surface area contributed by atoms with Gasteiger partial charge in [-0.25, -0.2) is 0 Å². The molecule has 0 saturated heterocycles. The smallest absolute Gasteiger partial charge is 0.221 e. The minimum atomic E-state index is -0.506. The molecule has 1 rings (SSSR count). The number of hydrogen-bond donors (Lipinski definition) is 2. The lowest BCUT2D eigenvalue weighted by molar-refractivity contribution is -0.114. The molecule has 0 spiro atoms. The molecule has 0 radical (unpaired) electrons. The zero-order valence-corrected chi connectivity index (χ0v) is 7.74. The van der Waals surface area contributed by atoms with Crippen molar-refractivity contribution in [1.29, 1.82) is 0 Å². The molecule has 1 aromatic rings. The molecule has 13 heavy (non-hydrogen) atoms. The Morgan fingerprint density at radius 1 is 1.54 bits per heavy atom. The lowest BCUT2D eigenvalue weighted by Crippen LogP contribution is -2.06. The van der Waals surface area contributed by atoms with Crippen molar-refractivity contribution in [3.8, 4) is 0 Å². The van der Waals surface area contributed by atoms with Gasteiger partial charge in [0.05, 0.1) is 6.10 Å². The predicted molar refractivity (Wildman–Crippen MR) is 51.4 cm³/mol. The zero-order valence-electron chi connectivity index (χ0n) is 7.74. The molecule has 70 valence electrons. The monoisotopic (exact) mass is 179 g/mol. The standard InChI is InChI=1S/C10H13NO2/c1-7(12)9-4-3-5-10(6-9)11-8(2)13/h3-7,12H,1-2H3,(H,11,13)/t7-/m1/s1. The van der Waals surface area contributed by atoms with E-state index in [-0.39, 0.29) is 5.91 Å². The fourth-order valence-electron chi connectivity index (χ4n) is 1.08. The number of amides is 1. The third-order valence-corrected chi connectivity index (χ3v) is 1.69. The maximum absolute atomic E-state index is 10.7. The summed E-state index contributed by atoms with van der Waals surface area (Å²) < 4.78 is 0. The molecule has 0 heterocycles. The highest BCUT2D eigenvalue weighted by atomic mass is 16.3. The molecule has 3 nitrogen and oxygen atoms in total. The summed E-state index contributed by atoms with van der Waals surface area (Å²) in [5.41, 5.74) is 1.51. The van der Waals surface area contributed by atoms with Crippen molar-refractivity contribution in [2.75, 3.05) is 5.32 Å². The maximum atomic E-state index is 10.7. The van der Waals surface area contributed by atoms with E-state index in [1.807, 2.05) is 6.07 Å². The van der Waals surface area contributed by atoms with Gasteiger partial charge in [-0.05, 0) is 24.6 Å². The molecule has 1 aromatic carbocycles. The normalized spacial score (nSPS) is 12.2. The van der Waals surface area contributed by atoms with Crippen LogP contribution in [0.3, 0.4) is 0 Å². The summed E-state index contributed by atoms with van der Waals surface area (Å²) in [5.74, 6) is -0.109. The average Bonchev–Trinajstić information content (AvgIpc) is 2.03. The van der Waals surface area contributed by atoms with Gasteiger partial charge in [-0.3, -0.25) is 4.79 Å². The molecular weight excluding hydrogens is 166 g/mol. The first-order chi connectivity index (χ1) is 6.09. The van der Waals surface area contributed by atoms with Gasteiger partial charge in [-0.1, -0.05) is 12.1 Å². The third kappa shape index (κ3) is 2.87. The number of carbonyl (C=O) groups is 1. The van der Waals surface area contributed by atoms with Crippen molar-refractivity contribution >= 4 is 11.6 Å². The van der Waals surface area contributed by atoms with Crippen molar-refractivity contribution in [2.45, 2.75) is 20.0 Å². The second-order valence-electron chi connectivity index (χ2n) is 2.98. The van der Waals surface area contributed by atoms with Crippen molar-refractivity contribution < 1.29 is 9.90 Å². The van der Waals surface area contributed by atoms with E-state index in [2.05, 4.69) is 5.32 Å². The second-order valence-corrected chi connectivity index (χ2v) is 2.98. The van der Waals surface area contributed by atoms with Gasteiger partial charge >= 0.3 is 0 Å². The van der Waals surface area contributed by atoms with Gasteiger partial charge in [-0.15, -0.1) is 0 Å². The number of anilines is 1. The summed E-state index contributed by atoms with van der Waals surface area (Å²) in [6.45, 7) is 3.14. The molecule has 2 N–H and O–H groups in total. The van der Waals surface area contributed by atoms with Gasteiger partial charge in [0, 0.05) is 12.6 Å². The van der Waals surface area contributed by atoms with E-state index < -0.39 is 6.10 Å². The predicted octanol–water partition coefficient (Wildman–Crippen LogP) is 1.70. The summed E-state index contributed by atoms with van der Waals surface area (Å²) in [4.78, 5) is 10.7. The third-order valence-electron chi connectivity index (χ3n) is 1.69. The summed E-state index contributed by atoms with van der Waals surface area (Å²) in [6.07, 6.45) is -0.506. The van der Waals surface area contributed by atoms with Crippen LogP contribution in [0.1, 0.15) is 25.5 Å². The molecule has 0 aromatic heterocycles. The fourth-order valence-corrected chi connectivity index (χ4v) is 1.08. The minimum absolute atomic E-state index is 0.109. The largest absolute Gasteiger partial charge is 0.389 e. The number of nitrogens with one attached hydrogen (secondary N) is 1. The Labute approximate surface area is 77.4 Å². The minimum Gasteiger partial charge on any atom is -0.389 e. The van der Waals surface area contributed by atoms with E-state index in [0.717, 1.165) is 5.56 Å². The molecule has 0 aliphatic heterocycles. The Hall–Kier alpha value is -1.35. The molecule has 1 atom stereocenters. The number of rotatable bonds is 2. The maximum Gasteiger partial charge on any atom is 0.221 e. The molecule has 0 aliphatic rings. The summed E-state index contributed by atoms with van der Waals surface area (Å²) in [7, 11) is 0. The molecule has 3 heteroatoms. The van der Waals surface area contributed by atoms with Crippen molar-refractivity contribution in [1.82, 2.24) is 0 Å². The number of carbonyl (C=O) groups excluding carboxylic acids is 1. The Kier molecular flexibility index (Phi) is 3.03. The van der Waals surface area contributed by atoms with Gasteiger partial charge in [0.15, 0.2) is 0 Å². The van der Waals surface area contributed by atoms with Crippen molar-refractivity contribution in [3.63, 3.8) is 0 Å². The Morgan fingerprint density at radius 3 is 2.77 bits per heavy atom. The highest BCUT2D eigenvalue weighted by molar-refractivity contribution is 5.88. The first-order valence-corrected chi connectivity index (χ1v) is 4.15. The fraction of sp³-hybridized carbons (Fsp3) is 0.300. The Balaban J connectivity index is 2.85. The van der Waals surface area contributed by atoms with Crippen LogP contribution in [0.25, 0.3) is 0 Å². The molecule has 0 fully saturated rings. The molecular formula is C10H13NO2. The van der Waals surface area contributed by atoms with E-state index in [0.29, 0.717) is 5.69 Å². The van der Waals surface area contributed by atoms with Crippen LogP contribution in [-0.2, 0) is 4.79 Å². The lowest BCUT2D eigenvalue weighted by Gasteiger charge is -2.07. The Bertz CT molecular complexity index is 308. The number of aliphatic hydroxyl groups excluding tert-OH is 1. The summed E-state index contributed by atoms with van der Waals surface area (Å²) >= 11 is 0. The Morgan fingerprint density at radius 2 is 2.23 bits per heavy atom. The number of benzene rings is 1. The number of hydrogen-bond acceptors (Lipinski definition) is 2. The quantitative estimate of drug-likeness (QED) is 0.726. The van der Waals surface area contributed by atoms with Crippen LogP contribution in [0.4, 0.5) is 5.69 Å². The molecule has 0 bridgehead atoms. The van der Waals surface area contributed by atoms with Gasteiger partial charge in [0.2, 0.25) is 5.91 Å². The van der Waals surface area contributed by atoms with Gasteiger partial charge in [0.1, 0.15) is 0 Å². The van der Waals surface area contributed by atoms with Crippen molar-refractivity contribution in [2.24, 2.45) is 0 Å². The van der Waals surface area contributed by atoms with E-state index in [1.54, 1.807) is 25.1 Å². The van der Waals surface area contributed by atoms with E-state index in [4.69, 9.17) is 0 Å². The highest BCUT2D eigenvalue weighted by Gasteiger charge is 2.01. The van der Waals surface area contributed by atoms with Crippen molar-refractivity contribution in [3.05, 3.63) is 29.8 Å².